The first-order valence-corrected chi connectivity index (χ1v) is 12.6. The number of phenols is 1. The molecule has 36 heavy (non-hydrogen) atoms. The molecule has 2 amide bonds. The maximum Gasteiger partial charge on any atom is 0.319 e. The van der Waals surface area contributed by atoms with Gasteiger partial charge in [-0.05, 0) is 67.4 Å². The number of ether oxygens (including phenoxy) is 1. The summed E-state index contributed by atoms with van der Waals surface area (Å²) in [5, 5.41) is 15.5. The molecule has 3 N–H and O–H groups in total. The second-order valence-corrected chi connectivity index (χ2v) is 9.15. The normalized spacial score (nSPS) is 15.3. The summed E-state index contributed by atoms with van der Waals surface area (Å²) in [4.78, 5) is 17.3. The van der Waals surface area contributed by atoms with Crippen molar-refractivity contribution in [1.82, 2.24) is 5.32 Å². The lowest BCUT2D eigenvalue weighted by atomic mass is 10.1. The summed E-state index contributed by atoms with van der Waals surface area (Å²) in [5.41, 5.74) is 4.14. The number of nitrogens with zero attached hydrogens (tertiary/aromatic N) is 2. The van der Waals surface area contributed by atoms with E-state index in [-0.39, 0.29) is 23.9 Å². The Balaban J connectivity index is 1.23. The smallest absolute Gasteiger partial charge is 0.319 e. The van der Waals surface area contributed by atoms with E-state index >= 15 is 0 Å². The molecule has 1 saturated heterocycles. The summed E-state index contributed by atoms with van der Waals surface area (Å²) >= 11 is 0. The molecule has 0 aromatic heterocycles. The van der Waals surface area contributed by atoms with Crippen LogP contribution in [0.25, 0.3) is 0 Å². The minimum Gasteiger partial charge on any atom is -0.508 e. The van der Waals surface area contributed by atoms with E-state index in [9.17, 15) is 9.90 Å². The predicted octanol–water partition coefficient (Wildman–Crippen LogP) is 5.22. The van der Waals surface area contributed by atoms with Crippen molar-refractivity contribution in [3.8, 4) is 5.75 Å². The Bertz CT molecular complexity index is 1080. The summed E-state index contributed by atoms with van der Waals surface area (Å²) in [6.07, 6.45) is 0.668. The number of nitrogens with one attached hydrogen (secondary N) is 2. The van der Waals surface area contributed by atoms with Gasteiger partial charge in [0.2, 0.25) is 0 Å². The molecule has 3 aromatic rings. The number of anilines is 3. The Morgan fingerprint density at radius 1 is 0.889 bits per heavy atom. The average Bonchev–Trinajstić information content (AvgIpc) is 2.92. The van der Waals surface area contributed by atoms with E-state index in [4.69, 9.17) is 4.74 Å². The Kier molecular flexibility index (Phi) is 8.68. The van der Waals surface area contributed by atoms with Gasteiger partial charge in [0, 0.05) is 43.2 Å². The fourth-order valence-corrected chi connectivity index (χ4v) is 4.45. The number of carbonyl (C=O) groups is 1. The molecule has 1 unspecified atom stereocenters. The van der Waals surface area contributed by atoms with Crippen LogP contribution in [0, 0.1) is 0 Å². The van der Waals surface area contributed by atoms with Gasteiger partial charge in [-0.1, -0.05) is 37.3 Å². The van der Waals surface area contributed by atoms with Crippen molar-refractivity contribution >= 4 is 23.1 Å². The van der Waals surface area contributed by atoms with Crippen molar-refractivity contribution in [2.75, 3.05) is 41.3 Å². The van der Waals surface area contributed by atoms with E-state index in [0.29, 0.717) is 6.61 Å². The van der Waals surface area contributed by atoms with Crippen LogP contribution in [-0.4, -0.2) is 49.5 Å². The standard InChI is InChI=1S/C29H36N4O3/c1-3-28(22(2)36-21-23-7-5-4-6-8-23)31-29(35)30-24-9-11-25(12-10-24)32-17-19-33(20-18-32)26-13-15-27(34)16-14-26/h4-16,22,28,34H,3,17-21H2,1-2H3,(H2,30,31,35)/t22-,28?/m0/s1. The van der Waals surface area contributed by atoms with Gasteiger partial charge >= 0.3 is 6.03 Å². The highest BCUT2D eigenvalue weighted by Gasteiger charge is 2.20. The number of carbonyl (C=O) groups excluding carboxylic acids is 1. The number of rotatable bonds is 9. The monoisotopic (exact) mass is 488 g/mol. The molecule has 7 nitrogen and oxygen atoms in total. The summed E-state index contributed by atoms with van der Waals surface area (Å²) in [6.45, 7) is 8.20. The summed E-state index contributed by atoms with van der Waals surface area (Å²) in [5.74, 6) is 0.288. The maximum absolute atomic E-state index is 12.6. The molecule has 3 aromatic carbocycles. The number of hydrogen-bond donors (Lipinski definition) is 3. The van der Waals surface area contributed by atoms with Crippen LogP contribution < -0.4 is 20.4 Å². The van der Waals surface area contributed by atoms with Gasteiger partial charge < -0.3 is 30.3 Å². The van der Waals surface area contributed by atoms with Crippen LogP contribution in [0.4, 0.5) is 21.9 Å². The van der Waals surface area contributed by atoms with Gasteiger partial charge in [-0.2, -0.15) is 0 Å². The third-order valence-corrected chi connectivity index (χ3v) is 6.66. The summed E-state index contributed by atoms with van der Waals surface area (Å²) < 4.78 is 5.99. The van der Waals surface area contributed by atoms with Crippen LogP contribution in [0.2, 0.25) is 0 Å². The molecule has 1 heterocycles. The quantitative estimate of drug-likeness (QED) is 0.385. The minimum atomic E-state index is -0.229. The van der Waals surface area contributed by atoms with Gasteiger partial charge in [0.15, 0.2) is 0 Å². The number of aromatic hydroxyl groups is 1. The van der Waals surface area contributed by atoms with E-state index in [0.717, 1.165) is 55.2 Å². The van der Waals surface area contributed by atoms with Crippen molar-refractivity contribution in [1.29, 1.82) is 0 Å². The maximum atomic E-state index is 12.6. The molecule has 190 valence electrons. The highest BCUT2D eigenvalue weighted by atomic mass is 16.5. The van der Waals surface area contributed by atoms with E-state index < -0.39 is 0 Å². The highest BCUT2D eigenvalue weighted by Crippen LogP contribution is 2.23. The van der Waals surface area contributed by atoms with Gasteiger partial charge in [-0.3, -0.25) is 0 Å². The van der Waals surface area contributed by atoms with Crippen LogP contribution in [-0.2, 0) is 11.3 Å². The molecule has 0 aliphatic carbocycles. The lowest BCUT2D eigenvalue weighted by Gasteiger charge is -2.37. The molecule has 1 aliphatic heterocycles. The second kappa shape index (κ2) is 12.3. The first-order valence-electron chi connectivity index (χ1n) is 12.6. The van der Waals surface area contributed by atoms with Gasteiger partial charge in [0.25, 0.3) is 0 Å². The van der Waals surface area contributed by atoms with E-state index in [1.807, 2.05) is 68.4 Å². The largest absolute Gasteiger partial charge is 0.508 e. The van der Waals surface area contributed by atoms with Crippen LogP contribution in [0.3, 0.4) is 0 Å². The van der Waals surface area contributed by atoms with E-state index in [1.54, 1.807) is 12.1 Å². The fraction of sp³-hybridized carbons (Fsp3) is 0.345. The predicted molar refractivity (Wildman–Crippen MR) is 146 cm³/mol. The molecular formula is C29H36N4O3. The van der Waals surface area contributed by atoms with Crippen LogP contribution in [0.15, 0.2) is 78.9 Å². The number of benzene rings is 3. The number of urea groups is 1. The topological polar surface area (TPSA) is 77.1 Å². The van der Waals surface area contributed by atoms with Crippen LogP contribution in [0.5, 0.6) is 5.75 Å². The Morgan fingerprint density at radius 2 is 1.44 bits per heavy atom. The summed E-state index contributed by atoms with van der Waals surface area (Å²) in [7, 11) is 0. The molecule has 0 saturated carbocycles. The molecule has 1 aliphatic rings. The van der Waals surface area contributed by atoms with Gasteiger partial charge in [-0.25, -0.2) is 4.79 Å². The van der Waals surface area contributed by atoms with Crippen molar-refractivity contribution in [3.63, 3.8) is 0 Å². The third kappa shape index (κ3) is 6.92. The Hall–Kier alpha value is -3.71. The summed E-state index contributed by atoms with van der Waals surface area (Å²) in [6, 6.07) is 25.1. The first kappa shape index (κ1) is 25.4. The lowest BCUT2D eigenvalue weighted by Crippen LogP contribution is -2.46. The second-order valence-electron chi connectivity index (χ2n) is 9.15. The molecule has 4 rings (SSSR count). The van der Waals surface area contributed by atoms with Gasteiger partial charge in [0.1, 0.15) is 5.75 Å². The molecule has 2 atom stereocenters. The lowest BCUT2D eigenvalue weighted by molar-refractivity contribution is 0.0290. The van der Waals surface area contributed by atoms with Gasteiger partial charge in [-0.15, -0.1) is 0 Å². The van der Waals surface area contributed by atoms with E-state index in [1.165, 1.54) is 0 Å². The highest BCUT2D eigenvalue weighted by molar-refractivity contribution is 5.89. The molecule has 0 spiro atoms. The van der Waals surface area contributed by atoms with E-state index in [2.05, 4.69) is 32.6 Å². The van der Waals surface area contributed by atoms with Gasteiger partial charge in [0.05, 0.1) is 18.8 Å². The molecule has 1 fully saturated rings. The first-order chi connectivity index (χ1) is 17.5. The number of phenolic OH excluding ortho intramolecular Hbond substituents is 1. The van der Waals surface area contributed by atoms with Crippen LogP contribution >= 0.6 is 0 Å². The average molecular weight is 489 g/mol. The van der Waals surface area contributed by atoms with Crippen LogP contribution in [0.1, 0.15) is 25.8 Å². The van der Waals surface area contributed by atoms with Crippen molar-refractivity contribution in [2.45, 2.75) is 39.0 Å². The number of piperazine rings is 1. The minimum absolute atomic E-state index is 0.0853. The molecule has 7 heteroatoms. The van der Waals surface area contributed by atoms with Crippen molar-refractivity contribution in [2.24, 2.45) is 0 Å². The zero-order chi connectivity index (χ0) is 25.3. The number of hydrogen-bond acceptors (Lipinski definition) is 5. The Labute approximate surface area is 213 Å². The molecular weight excluding hydrogens is 452 g/mol. The number of amides is 2. The third-order valence-electron chi connectivity index (χ3n) is 6.66. The van der Waals surface area contributed by atoms with Crippen molar-refractivity contribution < 1.29 is 14.6 Å². The Morgan fingerprint density at radius 3 is 2.00 bits per heavy atom. The zero-order valence-corrected chi connectivity index (χ0v) is 21.1. The molecule has 0 radical (unpaired) electrons. The fourth-order valence-electron chi connectivity index (χ4n) is 4.45. The SMILES string of the molecule is CCC(NC(=O)Nc1ccc(N2CCN(c3ccc(O)cc3)CC2)cc1)[C@H](C)OCc1ccccc1. The zero-order valence-electron chi connectivity index (χ0n) is 21.1. The van der Waals surface area contributed by atoms with Crippen molar-refractivity contribution in [3.05, 3.63) is 84.4 Å². The molecule has 0 bridgehead atoms.